The summed E-state index contributed by atoms with van der Waals surface area (Å²) in [5.74, 6) is -0.168. The van der Waals surface area contributed by atoms with Gasteiger partial charge in [-0.3, -0.25) is 4.79 Å². The van der Waals surface area contributed by atoms with E-state index in [-0.39, 0.29) is 18.4 Å². The van der Waals surface area contributed by atoms with Gasteiger partial charge in [-0.15, -0.1) is 0 Å². The summed E-state index contributed by atoms with van der Waals surface area (Å²) in [6.45, 7) is 5.51. The highest BCUT2D eigenvalue weighted by Gasteiger charge is 2.27. The fraction of sp³-hybridized carbons (Fsp3) is 0.833. The van der Waals surface area contributed by atoms with Crippen LogP contribution in [0, 0.1) is 11.8 Å². The molecule has 0 spiro atoms. The molecule has 0 aromatic rings. The van der Waals surface area contributed by atoms with E-state index in [1.54, 1.807) is 11.8 Å². The number of piperidine rings is 1. The minimum atomic E-state index is -0.745. The van der Waals surface area contributed by atoms with E-state index in [1.165, 1.54) is 0 Å². The summed E-state index contributed by atoms with van der Waals surface area (Å²) < 4.78 is 4.93. The molecule has 1 N–H and O–H groups in total. The number of ether oxygens (including phenoxy) is 1. The first-order valence-corrected chi connectivity index (χ1v) is 6.18. The topological polar surface area (TPSA) is 66.8 Å². The summed E-state index contributed by atoms with van der Waals surface area (Å²) in [5.41, 5.74) is 0. The number of hydrogen-bond acceptors (Lipinski definition) is 3. The number of carbonyl (C=O) groups excluding carboxylic acids is 1. The van der Waals surface area contributed by atoms with Crippen molar-refractivity contribution in [3.05, 3.63) is 0 Å². The summed E-state index contributed by atoms with van der Waals surface area (Å²) >= 11 is 0. The van der Waals surface area contributed by atoms with Gasteiger partial charge in [0.25, 0.3) is 0 Å². The Kier molecular flexibility index (Phi) is 5.25. The Balaban J connectivity index is 2.34. The van der Waals surface area contributed by atoms with Crippen LogP contribution >= 0.6 is 0 Å². The molecule has 5 nitrogen and oxygen atoms in total. The summed E-state index contributed by atoms with van der Waals surface area (Å²) in [6.07, 6.45) is 1.70. The molecule has 0 aliphatic carbocycles. The number of carboxylic acid groups (broad SMARTS) is 1. The minimum Gasteiger partial charge on any atom is -0.481 e. The number of amides is 1. The van der Waals surface area contributed by atoms with E-state index >= 15 is 0 Å². The molecule has 1 saturated heterocycles. The third kappa shape index (κ3) is 4.24. The summed E-state index contributed by atoms with van der Waals surface area (Å²) in [4.78, 5) is 23.8. The second-order valence-corrected chi connectivity index (χ2v) is 4.60. The van der Waals surface area contributed by atoms with E-state index in [1.807, 2.05) is 6.92 Å². The van der Waals surface area contributed by atoms with Gasteiger partial charge in [-0.05, 0) is 31.6 Å². The van der Waals surface area contributed by atoms with Crippen molar-refractivity contribution in [3.8, 4) is 0 Å². The number of nitrogens with zero attached hydrogens (tertiary/aromatic N) is 1. The van der Waals surface area contributed by atoms with Crippen LogP contribution in [0.4, 0.5) is 4.79 Å². The van der Waals surface area contributed by atoms with Crippen molar-refractivity contribution < 1.29 is 19.4 Å². The molecule has 1 atom stereocenters. The van der Waals surface area contributed by atoms with Crippen molar-refractivity contribution >= 4 is 12.1 Å². The van der Waals surface area contributed by atoms with Gasteiger partial charge in [-0.1, -0.05) is 6.92 Å². The van der Waals surface area contributed by atoms with E-state index in [4.69, 9.17) is 9.84 Å². The first kappa shape index (κ1) is 13.8. The fourth-order valence-corrected chi connectivity index (χ4v) is 2.31. The lowest BCUT2D eigenvalue weighted by atomic mass is 9.84. The molecule has 17 heavy (non-hydrogen) atoms. The lowest BCUT2D eigenvalue weighted by Gasteiger charge is -2.33. The van der Waals surface area contributed by atoms with Crippen molar-refractivity contribution in [2.45, 2.75) is 33.1 Å². The molecule has 1 fully saturated rings. The van der Waals surface area contributed by atoms with Crippen LogP contribution in [0.2, 0.25) is 0 Å². The minimum absolute atomic E-state index is 0.178. The third-order valence-corrected chi connectivity index (χ3v) is 3.37. The van der Waals surface area contributed by atoms with Crippen LogP contribution in [0.5, 0.6) is 0 Å². The first-order valence-electron chi connectivity index (χ1n) is 6.18. The highest BCUT2D eigenvalue weighted by atomic mass is 16.6. The summed E-state index contributed by atoms with van der Waals surface area (Å²) in [6, 6.07) is 0. The van der Waals surface area contributed by atoms with Gasteiger partial charge in [0.15, 0.2) is 0 Å². The van der Waals surface area contributed by atoms with E-state index < -0.39 is 5.97 Å². The van der Waals surface area contributed by atoms with Gasteiger partial charge in [0.1, 0.15) is 0 Å². The monoisotopic (exact) mass is 243 g/mol. The van der Waals surface area contributed by atoms with Gasteiger partial charge in [0, 0.05) is 19.5 Å². The number of carbonyl (C=O) groups is 2. The molecule has 1 heterocycles. The molecule has 1 amide bonds. The Morgan fingerprint density at radius 3 is 2.47 bits per heavy atom. The van der Waals surface area contributed by atoms with Gasteiger partial charge in [0.05, 0.1) is 6.61 Å². The van der Waals surface area contributed by atoms with Crippen LogP contribution in [0.1, 0.15) is 33.1 Å². The Morgan fingerprint density at radius 1 is 1.41 bits per heavy atom. The zero-order chi connectivity index (χ0) is 12.8. The average Bonchev–Trinajstić information content (AvgIpc) is 2.28. The highest BCUT2D eigenvalue weighted by molar-refractivity contribution is 5.68. The molecule has 0 aromatic carbocycles. The van der Waals surface area contributed by atoms with Crippen LogP contribution in [-0.2, 0) is 9.53 Å². The van der Waals surface area contributed by atoms with Crippen LogP contribution in [0.3, 0.4) is 0 Å². The Hall–Kier alpha value is -1.26. The van der Waals surface area contributed by atoms with Gasteiger partial charge in [0.2, 0.25) is 0 Å². The Bertz CT molecular complexity index is 272. The van der Waals surface area contributed by atoms with Gasteiger partial charge in [-0.25, -0.2) is 4.79 Å². The van der Waals surface area contributed by atoms with Crippen molar-refractivity contribution in [2.75, 3.05) is 19.7 Å². The van der Waals surface area contributed by atoms with E-state index in [0.29, 0.717) is 25.6 Å². The quantitative estimate of drug-likeness (QED) is 0.819. The maximum absolute atomic E-state index is 11.5. The molecule has 1 aliphatic rings. The number of hydrogen-bond donors (Lipinski definition) is 1. The number of aliphatic carboxylic acids is 1. The predicted molar refractivity (Wildman–Crippen MR) is 62.7 cm³/mol. The molecule has 0 radical (unpaired) electrons. The molecule has 0 aromatic heterocycles. The summed E-state index contributed by atoms with van der Waals surface area (Å²) in [7, 11) is 0. The molecule has 1 rings (SSSR count). The molecular formula is C12H21NO4. The van der Waals surface area contributed by atoms with E-state index in [0.717, 1.165) is 12.8 Å². The van der Waals surface area contributed by atoms with Crippen LogP contribution < -0.4 is 0 Å². The lowest BCUT2D eigenvalue weighted by molar-refractivity contribution is -0.138. The number of carboxylic acids is 1. The second-order valence-electron chi connectivity index (χ2n) is 4.60. The Labute approximate surface area is 102 Å². The molecule has 1 unspecified atom stereocenters. The standard InChI is InChI=1S/C12H21NO4/c1-3-17-12(16)13-6-4-10(5-7-13)9(2)8-11(14)15/h9-10H,3-8H2,1-2H3,(H,14,15). The zero-order valence-electron chi connectivity index (χ0n) is 10.5. The van der Waals surface area contributed by atoms with Crippen LogP contribution in [0.15, 0.2) is 0 Å². The zero-order valence-corrected chi connectivity index (χ0v) is 10.5. The first-order chi connectivity index (χ1) is 8.04. The fourth-order valence-electron chi connectivity index (χ4n) is 2.31. The highest BCUT2D eigenvalue weighted by Crippen LogP contribution is 2.27. The average molecular weight is 243 g/mol. The van der Waals surface area contributed by atoms with E-state index in [2.05, 4.69) is 0 Å². The van der Waals surface area contributed by atoms with Crippen LogP contribution in [0.25, 0.3) is 0 Å². The maximum atomic E-state index is 11.5. The van der Waals surface area contributed by atoms with Gasteiger partial charge < -0.3 is 14.7 Å². The third-order valence-electron chi connectivity index (χ3n) is 3.37. The van der Waals surface area contributed by atoms with Crippen LogP contribution in [-0.4, -0.2) is 41.8 Å². The SMILES string of the molecule is CCOC(=O)N1CCC(C(C)CC(=O)O)CC1. The van der Waals surface area contributed by atoms with Gasteiger partial charge in [-0.2, -0.15) is 0 Å². The number of likely N-dealkylation sites (tertiary alicyclic amines) is 1. The van der Waals surface area contributed by atoms with Crippen molar-refractivity contribution in [1.29, 1.82) is 0 Å². The molecular weight excluding hydrogens is 222 g/mol. The predicted octanol–water partition coefficient (Wildman–Crippen LogP) is 1.97. The number of rotatable bonds is 4. The molecule has 98 valence electrons. The normalized spacial score (nSPS) is 18.8. The van der Waals surface area contributed by atoms with Gasteiger partial charge >= 0.3 is 12.1 Å². The summed E-state index contributed by atoms with van der Waals surface area (Å²) in [5, 5.41) is 8.74. The van der Waals surface area contributed by atoms with Crippen molar-refractivity contribution in [1.82, 2.24) is 4.90 Å². The van der Waals surface area contributed by atoms with Crippen molar-refractivity contribution in [3.63, 3.8) is 0 Å². The maximum Gasteiger partial charge on any atom is 0.409 e. The smallest absolute Gasteiger partial charge is 0.409 e. The van der Waals surface area contributed by atoms with E-state index in [9.17, 15) is 9.59 Å². The second kappa shape index (κ2) is 6.47. The lowest BCUT2D eigenvalue weighted by Crippen LogP contribution is -2.40. The van der Waals surface area contributed by atoms with Crippen molar-refractivity contribution in [2.24, 2.45) is 11.8 Å². The largest absolute Gasteiger partial charge is 0.481 e. The molecule has 5 heteroatoms. The Morgan fingerprint density at radius 2 is 2.00 bits per heavy atom. The molecule has 0 bridgehead atoms. The molecule has 1 aliphatic heterocycles. The molecule has 0 saturated carbocycles.